The molecule has 2 aromatic carbocycles. The molecule has 0 unspecified atom stereocenters. The number of carbonyl (C=O) groups is 1. The second kappa shape index (κ2) is 8.89. The molecule has 35 heavy (non-hydrogen) atoms. The smallest absolute Gasteiger partial charge is 0.276 e. The zero-order valence-electron chi connectivity index (χ0n) is 18.6. The van der Waals surface area contributed by atoms with Crippen molar-refractivity contribution in [3.63, 3.8) is 0 Å². The van der Waals surface area contributed by atoms with Gasteiger partial charge in [0.1, 0.15) is 11.8 Å². The van der Waals surface area contributed by atoms with E-state index >= 15 is 0 Å². The molecule has 1 aliphatic rings. The van der Waals surface area contributed by atoms with E-state index in [1.807, 2.05) is 71.4 Å². The first-order valence-corrected chi connectivity index (χ1v) is 11.2. The summed E-state index contributed by atoms with van der Waals surface area (Å²) in [5.74, 6) is 5.93. The number of fused-ring (bicyclic) bond motifs is 2. The lowest BCUT2D eigenvalue weighted by molar-refractivity contribution is 0.0421. The van der Waals surface area contributed by atoms with Crippen molar-refractivity contribution in [3.8, 4) is 11.8 Å². The largest absolute Gasteiger partial charge is 0.365 e. The summed E-state index contributed by atoms with van der Waals surface area (Å²) in [6.45, 7) is 1.15. The molecular weight excluding hydrogens is 440 g/mol. The molecule has 0 fully saturated rings. The fourth-order valence-corrected chi connectivity index (χ4v) is 4.09. The van der Waals surface area contributed by atoms with Crippen LogP contribution in [-0.4, -0.2) is 36.9 Å². The first-order chi connectivity index (χ1) is 17.2. The molecule has 5 aromatic rings. The Labute approximate surface area is 201 Å². The Morgan fingerprint density at radius 3 is 2.86 bits per heavy atom. The van der Waals surface area contributed by atoms with Crippen LogP contribution in [-0.2, 0) is 11.3 Å². The Morgan fingerprint density at radius 2 is 1.94 bits per heavy atom. The predicted molar refractivity (Wildman–Crippen MR) is 130 cm³/mol. The third-order valence-corrected chi connectivity index (χ3v) is 5.74. The number of hydrogen-bond acceptors (Lipinski definition) is 5. The maximum Gasteiger partial charge on any atom is 0.276 e. The van der Waals surface area contributed by atoms with E-state index in [-0.39, 0.29) is 12.0 Å². The van der Waals surface area contributed by atoms with E-state index in [2.05, 4.69) is 32.3 Å². The van der Waals surface area contributed by atoms with Gasteiger partial charge in [0.15, 0.2) is 11.3 Å². The van der Waals surface area contributed by atoms with Crippen LogP contribution in [0.5, 0.6) is 0 Å². The number of ether oxygens (including phenoxy) is 1. The molecule has 6 rings (SSSR count). The minimum absolute atomic E-state index is 0.244. The lowest BCUT2D eigenvalue weighted by atomic mass is 10.1. The zero-order chi connectivity index (χ0) is 23.6. The summed E-state index contributed by atoms with van der Waals surface area (Å²) in [5, 5.41) is 11.7. The van der Waals surface area contributed by atoms with Crippen LogP contribution >= 0.6 is 0 Å². The van der Waals surface area contributed by atoms with Crippen LogP contribution in [0.2, 0.25) is 0 Å². The first kappa shape index (κ1) is 20.8. The molecule has 1 aliphatic heterocycles. The number of nitrogens with zero attached hydrogens (tertiary/aromatic N) is 5. The van der Waals surface area contributed by atoms with Crippen molar-refractivity contribution in [3.05, 3.63) is 113 Å². The van der Waals surface area contributed by atoms with Gasteiger partial charge in [0.2, 0.25) is 0 Å². The van der Waals surface area contributed by atoms with E-state index in [4.69, 9.17) is 4.74 Å². The van der Waals surface area contributed by atoms with E-state index in [9.17, 15) is 4.79 Å². The molecule has 4 heterocycles. The third-order valence-electron chi connectivity index (χ3n) is 5.74. The molecule has 0 bridgehead atoms. The van der Waals surface area contributed by atoms with Crippen LogP contribution in [0.25, 0.3) is 5.65 Å². The molecular formula is C27H20N6O2. The number of rotatable bonds is 3. The Morgan fingerprint density at radius 1 is 1.03 bits per heavy atom. The van der Waals surface area contributed by atoms with Gasteiger partial charge in [-0.05, 0) is 47.9 Å². The number of anilines is 1. The van der Waals surface area contributed by atoms with Gasteiger partial charge in [-0.25, -0.2) is 9.50 Å². The summed E-state index contributed by atoms with van der Waals surface area (Å²) in [6, 6.07) is 22.8. The second-order valence-electron chi connectivity index (χ2n) is 8.06. The predicted octanol–water partition coefficient (Wildman–Crippen LogP) is 3.70. The van der Waals surface area contributed by atoms with Crippen molar-refractivity contribution < 1.29 is 9.53 Å². The Hall–Kier alpha value is -4.74. The van der Waals surface area contributed by atoms with Crippen molar-refractivity contribution in [2.24, 2.45) is 0 Å². The number of aromatic nitrogens is 5. The molecule has 8 nitrogen and oxygen atoms in total. The first-order valence-electron chi connectivity index (χ1n) is 11.2. The molecule has 0 spiro atoms. The van der Waals surface area contributed by atoms with Gasteiger partial charge in [-0.1, -0.05) is 42.3 Å². The minimum Gasteiger partial charge on any atom is -0.365 e. The molecule has 170 valence electrons. The lowest BCUT2D eigenvalue weighted by Gasteiger charge is -2.24. The normalized spacial score (nSPS) is 14.7. The van der Waals surface area contributed by atoms with E-state index in [1.54, 1.807) is 23.0 Å². The van der Waals surface area contributed by atoms with Gasteiger partial charge in [-0.2, -0.15) is 10.2 Å². The monoisotopic (exact) mass is 460 g/mol. The van der Waals surface area contributed by atoms with Crippen molar-refractivity contribution in [1.82, 2.24) is 24.4 Å². The number of hydrogen-bond donors (Lipinski definition) is 1. The van der Waals surface area contributed by atoms with Crippen LogP contribution in [0, 0.1) is 11.8 Å². The van der Waals surface area contributed by atoms with Crippen LogP contribution < -0.4 is 5.32 Å². The maximum atomic E-state index is 13.0. The van der Waals surface area contributed by atoms with E-state index in [0.29, 0.717) is 30.2 Å². The summed E-state index contributed by atoms with van der Waals surface area (Å²) in [7, 11) is 0. The van der Waals surface area contributed by atoms with Gasteiger partial charge >= 0.3 is 0 Å². The fraction of sp³-hybridized carbons (Fsp3) is 0.111. The summed E-state index contributed by atoms with van der Waals surface area (Å²) in [6.07, 6.45) is 3.14. The summed E-state index contributed by atoms with van der Waals surface area (Å²) in [4.78, 5) is 17.3. The van der Waals surface area contributed by atoms with Crippen molar-refractivity contribution in [1.29, 1.82) is 0 Å². The Bertz CT molecular complexity index is 1590. The Balaban J connectivity index is 1.21. The Kier molecular flexibility index (Phi) is 5.29. The molecule has 1 N–H and O–H groups in total. The highest BCUT2D eigenvalue weighted by atomic mass is 16.5. The van der Waals surface area contributed by atoms with Crippen LogP contribution in [0.3, 0.4) is 0 Å². The van der Waals surface area contributed by atoms with E-state index in [0.717, 1.165) is 22.5 Å². The topological polar surface area (TPSA) is 86.3 Å². The number of benzene rings is 2. The fourth-order valence-electron chi connectivity index (χ4n) is 4.09. The van der Waals surface area contributed by atoms with Crippen molar-refractivity contribution in [2.75, 3.05) is 11.9 Å². The van der Waals surface area contributed by atoms with Crippen LogP contribution in [0.1, 0.15) is 39.1 Å². The maximum absolute atomic E-state index is 13.0. The van der Waals surface area contributed by atoms with Gasteiger partial charge in [0.05, 0.1) is 25.0 Å². The lowest BCUT2D eigenvalue weighted by Crippen LogP contribution is -2.22. The zero-order valence-corrected chi connectivity index (χ0v) is 18.6. The molecule has 3 aromatic heterocycles. The second-order valence-corrected chi connectivity index (χ2v) is 8.06. The molecule has 0 aliphatic carbocycles. The summed E-state index contributed by atoms with van der Waals surface area (Å²) < 4.78 is 9.52. The van der Waals surface area contributed by atoms with Crippen molar-refractivity contribution in [2.45, 2.75) is 12.6 Å². The summed E-state index contributed by atoms with van der Waals surface area (Å²) >= 11 is 0. The van der Waals surface area contributed by atoms with Gasteiger partial charge in [0, 0.05) is 17.4 Å². The van der Waals surface area contributed by atoms with E-state index in [1.165, 1.54) is 0 Å². The average Bonchev–Trinajstić information content (AvgIpc) is 3.53. The average molecular weight is 460 g/mol. The molecule has 1 amide bonds. The van der Waals surface area contributed by atoms with Gasteiger partial charge in [-0.3, -0.25) is 9.48 Å². The van der Waals surface area contributed by atoms with Gasteiger partial charge in [-0.15, -0.1) is 0 Å². The highest BCUT2D eigenvalue weighted by Gasteiger charge is 2.26. The minimum atomic E-state index is -0.283. The molecule has 0 saturated heterocycles. The third kappa shape index (κ3) is 4.16. The van der Waals surface area contributed by atoms with Gasteiger partial charge in [0.25, 0.3) is 5.91 Å². The van der Waals surface area contributed by atoms with Gasteiger partial charge < -0.3 is 10.1 Å². The number of nitrogens with one attached hydrogen (secondary N) is 1. The highest BCUT2D eigenvalue weighted by molar-refractivity contribution is 6.03. The molecule has 0 radical (unpaired) electrons. The highest BCUT2D eigenvalue weighted by Crippen LogP contribution is 2.29. The standard InChI is InChI=1S/C27H20N6O2/c34-27(23-17-24-26(20-7-2-1-3-8-20)35-15-14-32(24)31-23)30-21-9-4-6-19(16-21)11-12-22-18-28-25-10-5-13-29-33(22)25/h1-10,13,16-18,26H,14-15H2,(H,30,34)/t26-/m0/s1. The van der Waals surface area contributed by atoms with Crippen LogP contribution in [0.15, 0.2) is 85.2 Å². The van der Waals surface area contributed by atoms with Crippen LogP contribution in [0.4, 0.5) is 5.69 Å². The SMILES string of the molecule is O=C(Nc1cccc(C#Cc2cnc3cccnn23)c1)c1cc2n(n1)CCO[C@H]2c1ccccc1. The van der Waals surface area contributed by atoms with Crippen molar-refractivity contribution >= 4 is 17.2 Å². The van der Waals surface area contributed by atoms with E-state index < -0.39 is 0 Å². The molecule has 0 saturated carbocycles. The summed E-state index contributed by atoms with van der Waals surface area (Å²) in [5.41, 5.74) is 5.07. The quantitative estimate of drug-likeness (QED) is 0.415. The molecule has 1 atom stereocenters. The number of amides is 1. The number of imidazole rings is 1. The molecule has 8 heteroatoms. The number of carbonyl (C=O) groups excluding carboxylic acids is 1.